The van der Waals surface area contributed by atoms with E-state index in [1.165, 1.54) is 6.33 Å². The summed E-state index contributed by atoms with van der Waals surface area (Å²) >= 11 is 1.58. The van der Waals surface area contributed by atoms with E-state index >= 15 is 0 Å². The van der Waals surface area contributed by atoms with Gasteiger partial charge in [0.05, 0.1) is 0 Å². The summed E-state index contributed by atoms with van der Waals surface area (Å²) in [4.78, 5) is 25.4. The SMILES string of the molecule is O=C(c1ccc(CSc2ncn[nH]2)cc1)N1CCN(c2ccccn2)CC1. The van der Waals surface area contributed by atoms with Gasteiger partial charge in [0.15, 0.2) is 5.16 Å². The number of pyridine rings is 1. The van der Waals surface area contributed by atoms with Crippen molar-refractivity contribution in [2.45, 2.75) is 10.9 Å². The molecule has 3 heterocycles. The number of carbonyl (C=O) groups excluding carboxylic acids is 1. The van der Waals surface area contributed by atoms with Crippen LogP contribution < -0.4 is 4.90 Å². The van der Waals surface area contributed by atoms with Crippen molar-refractivity contribution < 1.29 is 4.79 Å². The number of thioether (sulfide) groups is 1. The minimum absolute atomic E-state index is 0.0881. The third-order valence-electron chi connectivity index (χ3n) is 4.51. The zero-order valence-corrected chi connectivity index (χ0v) is 15.6. The highest BCUT2D eigenvalue weighted by atomic mass is 32.2. The molecule has 0 spiro atoms. The first kappa shape index (κ1) is 17.5. The summed E-state index contributed by atoms with van der Waals surface area (Å²) in [6.45, 7) is 3.01. The third kappa shape index (κ3) is 4.28. The Hall–Kier alpha value is -2.87. The van der Waals surface area contributed by atoms with Crippen molar-refractivity contribution in [2.24, 2.45) is 0 Å². The smallest absolute Gasteiger partial charge is 0.253 e. The van der Waals surface area contributed by atoms with E-state index in [-0.39, 0.29) is 5.91 Å². The fourth-order valence-corrected chi connectivity index (χ4v) is 3.76. The minimum Gasteiger partial charge on any atom is -0.353 e. The topological polar surface area (TPSA) is 78.0 Å². The lowest BCUT2D eigenvalue weighted by atomic mass is 10.1. The van der Waals surface area contributed by atoms with Crippen LogP contribution in [0.3, 0.4) is 0 Å². The Kier molecular flexibility index (Phi) is 5.34. The van der Waals surface area contributed by atoms with Crippen molar-refractivity contribution in [3.05, 3.63) is 66.1 Å². The maximum Gasteiger partial charge on any atom is 0.253 e. The van der Waals surface area contributed by atoms with Gasteiger partial charge in [-0.2, -0.15) is 5.10 Å². The molecule has 1 aromatic carbocycles. The van der Waals surface area contributed by atoms with Crippen molar-refractivity contribution in [1.29, 1.82) is 0 Å². The first-order chi connectivity index (χ1) is 13.3. The molecule has 0 unspecified atom stereocenters. The van der Waals surface area contributed by atoms with E-state index in [0.29, 0.717) is 13.1 Å². The van der Waals surface area contributed by atoms with Gasteiger partial charge in [-0.1, -0.05) is 30.0 Å². The molecular formula is C19H20N6OS. The Bertz CT molecular complexity index is 861. The van der Waals surface area contributed by atoms with Crippen molar-refractivity contribution in [3.8, 4) is 0 Å². The lowest BCUT2D eigenvalue weighted by molar-refractivity contribution is 0.0746. The predicted molar refractivity (Wildman–Crippen MR) is 105 cm³/mol. The van der Waals surface area contributed by atoms with Crippen LogP contribution in [0.5, 0.6) is 0 Å². The molecule has 0 saturated carbocycles. The van der Waals surface area contributed by atoms with Gasteiger partial charge in [0, 0.05) is 43.7 Å². The summed E-state index contributed by atoms with van der Waals surface area (Å²) < 4.78 is 0. The van der Waals surface area contributed by atoms with Crippen LogP contribution in [0.2, 0.25) is 0 Å². The second kappa shape index (κ2) is 8.22. The highest BCUT2D eigenvalue weighted by Crippen LogP contribution is 2.19. The van der Waals surface area contributed by atoms with E-state index in [1.807, 2.05) is 47.4 Å². The van der Waals surface area contributed by atoms with Gasteiger partial charge in [-0.25, -0.2) is 9.97 Å². The van der Waals surface area contributed by atoms with E-state index < -0.39 is 0 Å². The first-order valence-electron chi connectivity index (χ1n) is 8.82. The molecule has 1 amide bonds. The van der Waals surface area contributed by atoms with Crippen molar-refractivity contribution >= 4 is 23.5 Å². The molecule has 1 fully saturated rings. The van der Waals surface area contributed by atoms with E-state index in [1.54, 1.807) is 18.0 Å². The summed E-state index contributed by atoms with van der Waals surface area (Å²) in [6.07, 6.45) is 3.30. The molecule has 1 N–H and O–H groups in total. The average Bonchev–Trinajstić information content (AvgIpc) is 3.27. The maximum absolute atomic E-state index is 12.8. The van der Waals surface area contributed by atoms with E-state index in [4.69, 9.17) is 0 Å². The molecule has 7 nitrogen and oxygen atoms in total. The second-order valence-corrected chi connectivity index (χ2v) is 7.21. The number of aromatic amines is 1. The Balaban J connectivity index is 1.32. The Morgan fingerprint density at radius 1 is 1.04 bits per heavy atom. The van der Waals surface area contributed by atoms with Crippen LogP contribution in [0, 0.1) is 0 Å². The average molecular weight is 380 g/mol. The number of rotatable bonds is 5. The Labute approximate surface area is 161 Å². The fraction of sp³-hybridized carbons (Fsp3) is 0.263. The summed E-state index contributed by atoms with van der Waals surface area (Å²) in [5, 5.41) is 7.45. The molecule has 8 heteroatoms. The maximum atomic E-state index is 12.8. The van der Waals surface area contributed by atoms with Crippen LogP contribution >= 0.6 is 11.8 Å². The molecule has 0 bridgehead atoms. The number of amides is 1. The van der Waals surface area contributed by atoms with Crippen LogP contribution in [0.15, 0.2) is 60.1 Å². The molecule has 1 saturated heterocycles. The molecular weight excluding hydrogens is 360 g/mol. The summed E-state index contributed by atoms with van der Waals surface area (Å²) in [7, 11) is 0. The van der Waals surface area contributed by atoms with Gasteiger partial charge in [0.1, 0.15) is 12.1 Å². The van der Waals surface area contributed by atoms with Crippen molar-refractivity contribution in [2.75, 3.05) is 31.1 Å². The molecule has 3 aromatic rings. The Morgan fingerprint density at radius 3 is 2.52 bits per heavy atom. The number of carbonyl (C=O) groups is 1. The highest BCUT2D eigenvalue weighted by Gasteiger charge is 2.22. The zero-order valence-electron chi connectivity index (χ0n) is 14.8. The van der Waals surface area contributed by atoms with Gasteiger partial charge in [-0.15, -0.1) is 0 Å². The van der Waals surface area contributed by atoms with Crippen LogP contribution in [0.4, 0.5) is 5.82 Å². The predicted octanol–water partition coefficient (Wildman–Crippen LogP) is 2.45. The summed E-state index contributed by atoms with van der Waals surface area (Å²) in [5.74, 6) is 1.84. The number of H-pyrrole nitrogens is 1. The fourth-order valence-electron chi connectivity index (χ4n) is 3.02. The normalized spacial score (nSPS) is 14.4. The molecule has 1 aliphatic heterocycles. The second-order valence-electron chi connectivity index (χ2n) is 6.24. The molecule has 0 radical (unpaired) electrons. The molecule has 138 valence electrons. The van der Waals surface area contributed by atoms with Gasteiger partial charge in [-0.3, -0.25) is 9.89 Å². The van der Waals surface area contributed by atoms with Crippen LogP contribution in [0.25, 0.3) is 0 Å². The number of benzene rings is 1. The number of nitrogens with zero attached hydrogens (tertiary/aromatic N) is 5. The van der Waals surface area contributed by atoms with Crippen molar-refractivity contribution in [3.63, 3.8) is 0 Å². The number of hydrogen-bond acceptors (Lipinski definition) is 6. The summed E-state index contributed by atoms with van der Waals surface area (Å²) in [6, 6.07) is 13.7. The number of anilines is 1. The third-order valence-corrected chi connectivity index (χ3v) is 5.46. The Morgan fingerprint density at radius 2 is 1.85 bits per heavy atom. The summed E-state index contributed by atoms with van der Waals surface area (Å²) in [5.41, 5.74) is 1.88. The lowest BCUT2D eigenvalue weighted by Crippen LogP contribution is -2.49. The highest BCUT2D eigenvalue weighted by molar-refractivity contribution is 7.98. The van der Waals surface area contributed by atoms with E-state index in [9.17, 15) is 4.79 Å². The van der Waals surface area contributed by atoms with E-state index in [2.05, 4.69) is 25.1 Å². The van der Waals surface area contributed by atoms with Gasteiger partial charge in [0.25, 0.3) is 5.91 Å². The molecule has 2 aromatic heterocycles. The lowest BCUT2D eigenvalue weighted by Gasteiger charge is -2.35. The largest absolute Gasteiger partial charge is 0.353 e. The monoisotopic (exact) mass is 380 g/mol. The minimum atomic E-state index is 0.0881. The van der Waals surface area contributed by atoms with Gasteiger partial charge in [-0.05, 0) is 29.8 Å². The standard InChI is InChI=1S/C19H20N6OS/c26-18(25-11-9-24(10-12-25)17-3-1-2-8-20-17)16-6-4-15(5-7-16)13-27-19-21-14-22-23-19/h1-8,14H,9-13H2,(H,21,22,23). The number of hydrogen-bond donors (Lipinski definition) is 1. The van der Waals surface area contributed by atoms with Crippen LogP contribution in [0.1, 0.15) is 15.9 Å². The quantitative estimate of drug-likeness (QED) is 0.685. The molecule has 0 aliphatic carbocycles. The van der Waals surface area contributed by atoms with Gasteiger partial charge in [0.2, 0.25) is 0 Å². The van der Waals surface area contributed by atoms with Crippen LogP contribution in [-0.2, 0) is 5.75 Å². The number of piperazine rings is 1. The van der Waals surface area contributed by atoms with Crippen molar-refractivity contribution in [1.82, 2.24) is 25.1 Å². The molecule has 4 rings (SSSR count). The number of nitrogens with one attached hydrogen (secondary N) is 1. The first-order valence-corrected chi connectivity index (χ1v) is 9.80. The zero-order chi connectivity index (χ0) is 18.5. The van der Waals surface area contributed by atoms with Crippen LogP contribution in [-0.4, -0.2) is 57.2 Å². The molecule has 1 aliphatic rings. The molecule has 0 atom stereocenters. The van der Waals surface area contributed by atoms with E-state index in [0.717, 1.165) is 40.9 Å². The van der Waals surface area contributed by atoms with Gasteiger partial charge >= 0.3 is 0 Å². The number of aromatic nitrogens is 4. The van der Waals surface area contributed by atoms with Gasteiger partial charge < -0.3 is 9.80 Å². The molecule has 27 heavy (non-hydrogen) atoms.